The third-order valence-corrected chi connectivity index (χ3v) is 5.55. The van der Waals surface area contributed by atoms with Gasteiger partial charge >= 0.3 is 0 Å². The molecule has 0 spiro atoms. The van der Waals surface area contributed by atoms with Crippen LogP contribution in [0.1, 0.15) is 37.4 Å². The predicted octanol–water partition coefficient (Wildman–Crippen LogP) is 3.30. The number of aromatic nitrogens is 1. The number of nitriles is 1. The zero-order chi connectivity index (χ0) is 19.9. The van der Waals surface area contributed by atoms with Crippen LogP contribution in [0.4, 0.5) is 0 Å². The number of benzene rings is 1. The zero-order valence-corrected chi connectivity index (χ0v) is 16.9. The Hall–Kier alpha value is -1.94. The minimum absolute atomic E-state index is 0.109. The summed E-state index contributed by atoms with van der Waals surface area (Å²) in [6.45, 7) is 3.76. The SMILES string of the molecule is Cn1c2c(c3c(OCC#N)cc(Cl)c(Cl)c31)CC(=O)NC[C@@H]2CC(C)(C)O. The number of nitrogens with zero attached hydrogens (tertiary/aromatic N) is 2. The minimum Gasteiger partial charge on any atom is -0.478 e. The number of fused-ring (bicyclic) bond motifs is 3. The Kier molecular flexibility index (Phi) is 5.31. The number of halogens is 2. The molecular weight excluding hydrogens is 389 g/mol. The summed E-state index contributed by atoms with van der Waals surface area (Å²) in [5.41, 5.74) is 1.46. The molecule has 1 aromatic heterocycles. The van der Waals surface area contributed by atoms with Gasteiger partial charge in [0.2, 0.25) is 5.91 Å². The Balaban J connectivity index is 2.32. The second-order valence-corrected chi connectivity index (χ2v) is 8.24. The maximum atomic E-state index is 12.4. The summed E-state index contributed by atoms with van der Waals surface area (Å²) in [6, 6.07) is 3.53. The first-order chi connectivity index (χ1) is 12.6. The van der Waals surface area contributed by atoms with Crippen molar-refractivity contribution < 1.29 is 14.6 Å². The summed E-state index contributed by atoms with van der Waals surface area (Å²) >= 11 is 12.8. The molecule has 1 atom stereocenters. The van der Waals surface area contributed by atoms with E-state index >= 15 is 0 Å². The summed E-state index contributed by atoms with van der Waals surface area (Å²) in [5.74, 6) is 0.205. The average molecular weight is 410 g/mol. The quantitative estimate of drug-likeness (QED) is 0.810. The van der Waals surface area contributed by atoms with Gasteiger partial charge in [0.1, 0.15) is 11.8 Å². The average Bonchev–Trinajstić information content (AvgIpc) is 2.75. The van der Waals surface area contributed by atoms with Crippen molar-refractivity contribution in [3.8, 4) is 11.8 Å². The van der Waals surface area contributed by atoms with Crippen LogP contribution < -0.4 is 10.1 Å². The fourth-order valence-corrected chi connectivity index (χ4v) is 4.36. The van der Waals surface area contributed by atoms with Crippen molar-refractivity contribution in [2.75, 3.05) is 13.2 Å². The van der Waals surface area contributed by atoms with Crippen LogP contribution in [0.3, 0.4) is 0 Å². The molecule has 0 unspecified atom stereocenters. The molecule has 0 saturated heterocycles. The fraction of sp³-hybridized carbons (Fsp3) is 0.474. The van der Waals surface area contributed by atoms with Crippen LogP contribution in [0.15, 0.2) is 6.07 Å². The molecular formula is C19H21Cl2N3O3. The van der Waals surface area contributed by atoms with Gasteiger partial charge in [-0.1, -0.05) is 23.2 Å². The monoisotopic (exact) mass is 409 g/mol. The first-order valence-corrected chi connectivity index (χ1v) is 9.37. The standard InChI is InChI=1S/C19H21Cl2N3O3/c1-19(2,26)8-10-9-23-14(25)6-11-15-13(27-5-4-22)7-12(20)16(21)18(15)24(3)17(10)11/h7,10,26H,5-6,8-9H2,1-3H3,(H,23,25)/t10-/m0/s1. The van der Waals surface area contributed by atoms with E-state index in [0.29, 0.717) is 39.7 Å². The van der Waals surface area contributed by atoms with Crippen LogP contribution in [-0.2, 0) is 18.3 Å². The molecule has 0 fully saturated rings. The summed E-state index contributed by atoms with van der Waals surface area (Å²) in [6.07, 6.45) is 0.625. The van der Waals surface area contributed by atoms with E-state index in [9.17, 15) is 9.90 Å². The van der Waals surface area contributed by atoms with E-state index in [4.69, 9.17) is 33.2 Å². The topological polar surface area (TPSA) is 87.3 Å². The first kappa shape index (κ1) is 19.8. The number of carbonyl (C=O) groups is 1. The van der Waals surface area contributed by atoms with E-state index in [-0.39, 0.29) is 24.9 Å². The highest BCUT2D eigenvalue weighted by molar-refractivity contribution is 6.45. The lowest BCUT2D eigenvalue weighted by molar-refractivity contribution is -0.120. The first-order valence-electron chi connectivity index (χ1n) is 8.62. The molecule has 2 aromatic rings. The van der Waals surface area contributed by atoms with Crippen LogP contribution in [0, 0.1) is 11.3 Å². The van der Waals surface area contributed by atoms with Gasteiger partial charge < -0.3 is 19.7 Å². The van der Waals surface area contributed by atoms with Crippen molar-refractivity contribution in [2.24, 2.45) is 7.05 Å². The minimum atomic E-state index is -0.908. The molecule has 0 saturated carbocycles. The van der Waals surface area contributed by atoms with Gasteiger partial charge in [-0.2, -0.15) is 5.26 Å². The molecule has 8 heteroatoms. The van der Waals surface area contributed by atoms with Gasteiger partial charge in [-0.05, 0) is 25.8 Å². The lowest BCUT2D eigenvalue weighted by Gasteiger charge is -2.25. The zero-order valence-electron chi connectivity index (χ0n) is 15.4. The lowest BCUT2D eigenvalue weighted by atomic mass is 9.89. The molecule has 1 aromatic carbocycles. The van der Waals surface area contributed by atoms with Crippen molar-refractivity contribution in [1.29, 1.82) is 5.26 Å². The van der Waals surface area contributed by atoms with Crippen LogP contribution in [0.25, 0.3) is 10.9 Å². The van der Waals surface area contributed by atoms with Gasteiger partial charge in [0.15, 0.2) is 6.61 Å². The highest BCUT2D eigenvalue weighted by Crippen LogP contribution is 2.45. The number of hydrogen-bond acceptors (Lipinski definition) is 4. The number of carbonyl (C=O) groups excluding carboxylic acids is 1. The largest absolute Gasteiger partial charge is 0.478 e. The van der Waals surface area contributed by atoms with E-state index in [2.05, 4.69) is 5.32 Å². The highest BCUT2D eigenvalue weighted by atomic mass is 35.5. The summed E-state index contributed by atoms with van der Waals surface area (Å²) in [4.78, 5) is 12.4. The summed E-state index contributed by atoms with van der Waals surface area (Å²) in [5, 5.41) is 23.5. The molecule has 1 aliphatic rings. The van der Waals surface area contributed by atoms with E-state index in [0.717, 1.165) is 11.3 Å². The van der Waals surface area contributed by atoms with Crippen molar-refractivity contribution in [2.45, 2.75) is 38.2 Å². The maximum Gasteiger partial charge on any atom is 0.224 e. The van der Waals surface area contributed by atoms with Gasteiger partial charge in [-0.25, -0.2) is 0 Å². The van der Waals surface area contributed by atoms with E-state index in [1.807, 2.05) is 17.7 Å². The number of ether oxygens (including phenoxy) is 1. The third kappa shape index (κ3) is 3.73. The smallest absolute Gasteiger partial charge is 0.224 e. The number of aryl methyl sites for hydroxylation is 1. The molecule has 6 nitrogen and oxygen atoms in total. The van der Waals surface area contributed by atoms with Gasteiger partial charge in [-0.3, -0.25) is 4.79 Å². The second-order valence-electron chi connectivity index (χ2n) is 7.46. The molecule has 2 heterocycles. The Morgan fingerprint density at radius 1 is 1.48 bits per heavy atom. The van der Waals surface area contributed by atoms with Crippen molar-refractivity contribution >= 4 is 40.0 Å². The normalized spacial score (nSPS) is 17.2. The predicted molar refractivity (Wildman–Crippen MR) is 104 cm³/mol. The third-order valence-electron chi connectivity index (χ3n) is 4.77. The summed E-state index contributed by atoms with van der Waals surface area (Å²) in [7, 11) is 1.87. The van der Waals surface area contributed by atoms with Crippen LogP contribution in [0.5, 0.6) is 5.75 Å². The summed E-state index contributed by atoms with van der Waals surface area (Å²) < 4.78 is 7.52. The van der Waals surface area contributed by atoms with Crippen molar-refractivity contribution in [3.63, 3.8) is 0 Å². The van der Waals surface area contributed by atoms with Crippen LogP contribution >= 0.6 is 23.2 Å². The Morgan fingerprint density at radius 3 is 2.81 bits per heavy atom. The van der Waals surface area contributed by atoms with E-state index < -0.39 is 5.60 Å². The second kappa shape index (κ2) is 7.23. The molecule has 0 radical (unpaired) electrons. The number of hydrogen-bond donors (Lipinski definition) is 2. The molecule has 0 aliphatic carbocycles. The molecule has 144 valence electrons. The van der Waals surface area contributed by atoms with E-state index in [1.165, 1.54) is 0 Å². The molecule has 3 rings (SSSR count). The maximum absolute atomic E-state index is 12.4. The Bertz CT molecular complexity index is 954. The molecule has 2 N–H and O–H groups in total. The molecule has 0 bridgehead atoms. The number of nitrogens with one attached hydrogen (secondary N) is 1. The number of amides is 1. The van der Waals surface area contributed by atoms with Crippen LogP contribution in [-0.4, -0.2) is 34.3 Å². The van der Waals surface area contributed by atoms with Crippen molar-refractivity contribution in [1.82, 2.24) is 9.88 Å². The fourth-order valence-electron chi connectivity index (χ4n) is 3.90. The molecule has 27 heavy (non-hydrogen) atoms. The Morgan fingerprint density at radius 2 is 2.19 bits per heavy atom. The highest BCUT2D eigenvalue weighted by Gasteiger charge is 2.33. The molecule has 1 aliphatic heterocycles. The van der Waals surface area contributed by atoms with E-state index in [1.54, 1.807) is 19.9 Å². The Labute approximate surface area is 167 Å². The number of rotatable bonds is 4. The van der Waals surface area contributed by atoms with Crippen LogP contribution in [0.2, 0.25) is 10.0 Å². The van der Waals surface area contributed by atoms with Gasteiger partial charge in [0, 0.05) is 36.7 Å². The van der Waals surface area contributed by atoms with Gasteiger partial charge in [0.25, 0.3) is 0 Å². The molecule has 1 amide bonds. The van der Waals surface area contributed by atoms with Gasteiger partial charge in [-0.15, -0.1) is 0 Å². The van der Waals surface area contributed by atoms with Crippen molar-refractivity contribution in [3.05, 3.63) is 27.4 Å². The lowest BCUT2D eigenvalue weighted by Crippen LogP contribution is -2.31. The number of aliphatic hydroxyl groups is 1. The van der Waals surface area contributed by atoms with Gasteiger partial charge in [0.05, 0.1) is 27.6 Å².